The van der Waals surface area contributed by atoms with Crippen LogP contribution in [0.2, 0.25) is 0 Å². The minimum absolute atomic E-state index is 0.155. The quantitative estimate of drug-likeness (QED) is 0.743. The number of hydrogen-bond donors (Lipinski definition) is 2. The van der Waals surface area contributed by atoms with Crippen molar-refractivity contribution >= 4 is 28.3 Å². The molecule has 0 fully saturated rings. The number of hydrogen-bond acceptors (Lipinski definition) is 6. The lowest BCUT2D eigenvalue weighted by atomic mass is 10.2. The number of thiazole rings is 1. The van der Waals surface area contributed by atoms with Crippen molar-refractivity contribution in [1.82, 2.24) is 15.3 Å². The van der Waals surface area contributed by atoms with E-state index in [1.807, 2.05) is 17.5 Å². The summed E-state index contributed by atoms with van der Waals surface area (Å²) in [5.41, 5.74) is 1.60. The van der Waals surface area contributed by atoms with E-state index in [9.17, 15) is 9.59 Å². The molecule has 3 aromatic rings. The highest BCUT2D eigenvalue weighted by molar-refractivity contribution is 7.14. The summed E-state index contributed by atoms with van der Waals surface area (Å²) in [7, 11) is 0. The predicted octanol–water partition coefficient (Wildman–Crippen LogP) is 2.56. The van der Waals surface area contributed by atoms with Crippen molar-refractivity contribution in [3.05, 3.63) is 54.1 Å². The molecule has 0 aromatic carbocycles. The summed E-state index contributed by atoms with van der Waals surface area (Å²) >= 11 is 1.30. The lowest BCUT2D eigenvalue weighted by molar-refractivity contribution is -0.117. The van der Waals surface area contributed by atoms with Crippen LogP contribution in [0, 0.1) is 0 Å². The van der Waals surface area contributed by atoms with E-state index in [0.29, 0.717) is 5.13 Å². The zero-order chi connectivity index (χ0) is 16.9. The fraction of sp³-hybridized carbons (Fsp3) is 0.125. The fourth-order valence-corrected chi connectivity index (χ4v) is 2.66. The van der Waals surface area contributed by atoms with Crippen LogP contribution in [-0.4, -0.2) is 27.8 Å². The standard InChI is InChI=1S/C16H14N4O3S/c1-10(18-15(22)13-5-3-7-23-13)14(21)20-16-19-12(9-24-16)11-4-2-6-17-8-11/h2-10H,1H3,(H,18,22)(H,19,20,21)/t10-/m0/s1. The van der Waals surface area contributed by atoms with Gasteiger partial charge in [-0.25, -0.2) is 4.98 Å². The molecule has 2 amide bonds. The van der Waals surface area contributed by atoms with Crippen LogP contribution in [0.15, 0.2) is 52.7 Å². The maximum Gasteiger partial charge on any atom is 0.287 e. The Morgan fingerprint density at radius 3 is 2.88 bits per heavy atom. The highest BCUT2D eigenvalue weighted by atomic mass is 32.1. The summed E-state index contributed by atoms with van der Waals surface area (Å²) in [6.45, 7) is 1.59. The van der Waals surface area contributed by atoms with Gasteiger partial charge in [0.05, 0.1) is 12.0 Å². The first-order valence-electron chi connectivity index (χ1n) is 7.14. The Labute approximate surface area is 141 Å². The average Bonchev–Trinajstić information content (AvgIpc) is 3.27. The molecule has 1 atom stereocenters. The van der Waals surface area contributed by atoms with Gasteiger partial charge in [-0.2, -0.15) is 0 Å². The van der Waals surface area contributed by atoms with Gasteiger partial charge in [0.1, 0.15) is 6.04 Å². The van der Waals surface area contributed by atoms with Crippen LogP contribution < -0.4 is 10.6 Å². The number of anilines is 1. The number of carbonyl (C=O) groups excluding carboxylic acids is 2. The molecule has 3 rings (SSSR count). The Hall–Kier alpha value is -3.00. The van der Waals surface area contributed by atoms with Crippen LogP contribution in [0.1, 0.15) is 17.5 Å². The summed E-state index contributed by atoms with van der Waals surface area (Å²) in [5.74, 6) is -0.650. The second kappa shape index (κ2) is 7.05. The van der Waals surface area contributed by atoms with Crippen molar-refractivity contribution in [3.8, 4) is 11.3 Å². The molecular weight excluding hydrogens is 328 g/mol. The van der Waals surface area contributed by atoms with E-state index in [2.05, 4.69) is 20.6 Å². The molecule has 2 N–H and O–H groups in total. The molecule has 0 bridgehead atoms. The highest BCUT2D eigenvalue weighted by Gasteiger charge is 2.19. The van der Waals surface area contributed by atoms with Crippen LogP contribution in [0.3, 0.4) is 0 Å². The number of nitrogens with one attached hydrogen (secondary N) is 2. The van der Waals surface area contributed by atoms with E-state index in [1.165, 1.54) is 23.7 Å². The molecule has 8 heteroatoms. The van der Waals surface area contributed by atoms with Crippen LogP contribution in [0.25, 0.3) is 11.3 Å². The molecule has 3 aromatic heterocycles. The van der Waals surface area contributed by atoms with Crippen LogP contribution in [0.5, 0.6) is 0 Å². The molecule has 0 spiro atoms. The van der Waals surface area contributed by atoms with E-state index in [1.54, 1.807) is 25.4 Å². The maximum absolute atomic E-state index is 12.2. The molecule has 0 unspecified atom stereocenters. The number of pyridine rings is 1. The van der Waals surface area contributed by atoms with Gasteiger partial charge < -0.3 is 15.1 Å². The Bertz CT molecular complexity index is 830. The normalized spacial score (nSPS) is 11.7. The van der Waals surface area contributed by atoms with E-state index < -0.39 is 11.9 Å². The van der Waals surface area contributed by atoms with Crippen molar-refractivity contribution in [2.75, 3.05) is 5.32 Å². The van der Waals surface area contributed by atoms with Crippen LogP contribution >= 0.6 is 11.3 Å². The molecule has 24 heavy (non-hydrogen) atoms. The summed E-state index contributed by atoms with van der Waals surface area (Å²) in [6.07, 6.45) is 4.78. The first-order chi connectivity index (χ1) is 11.6. The molecule has 0 saturated carbocycles. The van der Waals surface area contributed by atoms with Crippen molar-refractivity contribution in [1.29, 1.82) is 0 Å². The lowest BCUT2D eigenvalue weighted by Crippen LogP contribution is -2.41. The number of amides is 2. The minimum Gasteiger partial charge on any atom is -0.459 e. The van der Waals surface area contributed by atoms with Gasteiger partial charge in [-0.15, -0.1) is 11.3 Å². The Kier molecular flexibility index (Phi) is 4.66. The number of nitrogens with zero attached hydrogens (tertiary/aromatic N) is 2. The van der Waals surface area contributed by atoms with Crippen molar-refractivity contribution in [2.24, 2.45) is 0 Å². The monoisotopic (exact) mass is 342 g/mol. The van der Waals surface area contributed by atoms with Gasteiger partial charge in [-0.05, 0) is 31.2 Å². The smallest absolute Gasteiger partial charge is 0.287 e. The number of furan rings is 1. The van der Waals surface area contributed by atoms with E-state index >= 15 is 0 Å². The molecule has 0 aliphatic carbocycles. The highest BCUT2D eigenvalue weighted by Crippen LogP contribution is 2.24. The van der Waals surface area contributed by atoms with Crippen LogP contribution in [-0.2, 0) is 4.79 Å². The van der Waals surface area contributed by atoms with Crippen molar-refractivity contribution < 1.29 is 14.0 Å². The molecule has 0 radical (unpaired) electrons. The van der Waals surface area contributed by atoms with Crippen LogP contribution in [0.4, 0.5) is 5.13 Å². The summed E-state index contributed by atoms with van der Waals surface area (Å²) in [5, 5.41) is 7.54. The number of carbonyl (C=O) groups is 2. The fourth-order valence-electron chi connectivity index (χ4n) is 1.93. The van der Waals surface area contributed by atoms with E-state index in [0.717, 1.165) is 11.3 Å². The first-order valence-corrected chi connectivity index (χ1v) is 8.02. The van der Waals surface area contributed by atoms with E-state index in [-0.39, 0.29) is 11.7 Å². The van der Waals surface area contributed by atoms with Crippen molar-refractivity contribution in [2.45, 2.75) is 13.0 Å². The summed E-state index contributed by atoms with van der Waals surface area (Å²) < 4.78 is 4.99. The van der Waals surface area contributed by atoms with Gasteiger partial charge >= 0.3 is 0 Å². The third-order valence-electron chi connectivity index (χ3n) is 3.18. The van der Waals surface area contributed by atoms with Gasteiger partial charge in [-0.1, -0.05) is 0 Å². The third kappa shape index (κ3) is 3.66. The number of rotatable bonds is 5. The first kappa shape index (κ1) is 15.9. The minimum atomic E-state index is -0.728. The largest absolute Gasteiger partial charge is 0.459 e. The molecule has 7 nitrogen and oxygen atoms in total. The van der Waals surface area contributed by atoms with Gasteiger partial charge in [0.25, 0.3) is 5.91 Å². The Morgan fingerprint density at radius 1 is 1.29 bits per heavy atom. The Balaban J connectivity index is 1.60. The third-order valence-corrected chi connectivity index (χ3v) is 3.94. The number of aromatic nitrogens is 2. The zero-order valence-corrected chi connectivity index (χ0v) is 13.5. The van der Waals surface area contributed by atoms with Gasteiger partial charge in [0, 0.05) is 23.3 Å². The predicted molar refractivity (Wildman–Crippen MR) is 89.6 cm³/mol. The molecule has 0 aliphatic rings. The van der Waals surface area contributed by atoms with Crippen molar-refractivity contribution in [3.63, 3.8) is 0 Å². The molecule has 0 saturated heterocycles. The summed E-state index contributed by atoms with van der Waals surface area (Å²) in [6, 6.07) is 6.11. The lowest BCUT2D eigenvalue weighted by Gasteiger charge is -2.11. The maximum atomic E-state index is 12.2. The van der Waals surface area contributed by atoms with Gasteiger partial charge in [-0.3, -0.25) is 14.6 Å². The second-order valence-corrected chi connectivity index (χ2v) is 5.80. The summed E-state index contributed by atoms with van der Waals surface area (Å²) in [4.78, 5) is 32.4. The van der Waals surface area contributed by atoms with Gasteiger partial charge in [0.15, 0.2) is 10.9 Å². The molecule has 122 valence electrons. The molecule has 0 aliphatic heterocycles. The SMILES string of the molecule is C[C@H](NC(=O)c1ccco1)C(=O)Nc1nc(-c2cccnc2)cs1. The average molecular weight is 342 g/mol. The topological polar surface area (TPSA) is 97.1 Å². The molecular formula is C16H14N4O3S. The van der Waals surface area contributed by atoms with E-state index in [4.69, 9.17) is 4.42 Å². The van der Waals surface area contributed by atoms with Gasteiger partial charge in [0.2, 0.25) is 5.91 Å². The second-order valence-electron chi connectivity index (χ2n) is 4.94. The zero-order valence-electron chi connectivity index (χ0n) is 12.7. The molecule has 3 heterocycles. The Morgan fingerprint density at radius 2 is 2.17 bits per heavy atom.